The van der Waals surface area contributed by atoms with Gasteiger partial charge in [-0.2, -0.15) is 0 Å². The second kappa shape index (κ2) is 7.83. The molecule has 1 atom stereocenters. The minimum absolute atomic E-state index is 0.0148. The van der Waals surface area contributed by atoms with E-state index in [4.69, 9.17) is 16.3 Å². The van der Waals surface area contributed by atoms with Gasteiger partial charge in [0.15, 0.2) is 11.9 Å². The summed E-state index contributed by atoms with van der Waals surface area (Å²) in [6.45, 7) is 6.19. The summed E-state index contributed by atoms with van der Waals surface area (Å²) in [5, 5.41) is 14.0. The molecule has 0 aliphatic rings. The van der Waals surface area contributed by atoms with Gasteiger partial charge >= 0.3 is 5.69 Å². The lowest BCUT2D eigenvalue weighted by molar-refractivity contribution is -0.386. The van der Waals surface area contributed by atoms with Crippen LogP contribution in [0.5, 0.6) is 5.75 Å². The zero-order chi connectivity index (χ0) is 16.0. The lowest BCUT2D eigenvalue weighted by Gasteiger charge is -2.15. The lowest BCUT2D eigenvalue weighted by Crippen LogP contribution is -2.37. The largest absolute Gasteiger partial charge is 0.474 e. The van der Waals surface area contributed by atoms with Gasteiger partial charge in [0.25, 0.3) is 5.91 Å². The molecule has 6 nitrogen and oxygen atoms in total. The normalized spacial score (nSPS) is 12.0. The van der Waals surface area contributed by atoms with Crippen molar-refractivity contribution in [3.05, 3.63) is 33.3 Å². The molecule has 0 aromatic heterocycles. The van der Waals surface area contributed by atoms with Crippen LogP contribution in [-0.2, 0) is 4.79 Å². The maximum atomic E-state index is 11.9. The van der Waals surface area contributed by atoms with Crippen molar-refractivity contribution in [1.82, 2.24) is 5.32 Å². The number of ether oxygens (including phenoxy) is 1. The summed E-state index contributed by atoms with van der Waals surface area (Å²) in [4.78, 5) is 22.2. The predicted molar refractivity (Wildman–Crippen MR) is 80.7 cm³/mol. The Morgan fingerprint density at radius 1 is 1.43 bits per heavy atom. The molecule has 0 spiro atoms. The number of benzene rings is 1. The number of carbonyl (C=O) groups excluding carboxylic acids is 1. The number of nitrogens with one attached hydrogen (secondary N) is 1. The minimum Gasteiger partial charge on any atom is -0.474 e. The Bertz CT molecular complexity index is 520. The summed E-state index contributed by atoms with van der Waals surface area (Å²) in [6, 6.07) is 3.98. The van der Waals surface area contributed by atoms with Crippen LogP contribution in [0.3, 0.4) is 0 Å². The van der Waals surface area contributed by atoms with E-state index in [1.165, 1.54) is 25.1 Å². The van der Waals surface area contributed by atoms with Gasteiger partial charge in [-0.1, -0.05) is 25.4 Å². The number of nitro benzene ring substituents is 1. The highest BCUT2D eigenvalue weighted by atomic mass is 35.5. The Morgan fingerprint density at radius 2 is 2.10 bits per heavy atom. The highest BCUT2D eigenvalue weighted by Crippen LogP contribution is 2.30. The quantitative estimate of drug-likeness (QED) is 0.619. The molecule has 1 N–H and O–H groups in total. The number of nitrogens with zero attached hydrogens (tertiary/aromatic N) is 1. The molecule has 1 aromatic rings. The summed E-state index contributed by atoms with van der Waals surface area (Å²) >= 11 is 5.80. The molecule has 0 aliphatic carbocycles. The first kappa shape index (κ1) is 17.2. The second-order valence-corrected chi connectivity index (χ2v) is 5.54. The van der Waals surface area contributed by atoms with Crippen LogP contribution < -0.4 is 10.1 Å². The first-order chi connectivity index (χ1) is 9.81. The van der Waals surface area contributed by atoms with E-state index in [-0.39, 0.29) is 17.3 Å². The van der Waals surface area contributed by atoms with Gasteiger partial charge in [0.05, 0.1) is 4.92 Å². The standard InChI is InChI=1S/C14H19ClN2O4/c1-9(2)6-7-16-14(18)10(3)21-13-8-11(15)4-5-12(13)17(19)20/h4-5,8-10H,6-7H2,1-3H3,(H,16,18). The van der Waals surface area contributed by atoms with Crippen LogP contribution in [-0.4, -0.2) is 23.5 Å². The van der Waals surface area contributed by atoms with Gasteiger partial charge in [-0.3, -0.25) is 14.9 Å². The van der Waals surface area contributed by atoms with Crippen molar-refractivity contribution in [2.45, 2.75) is 33.3 Å². The number of hydrogen-bond acceptors (Lipinski definition) is 4. The van der Waals surface area contributed by atoms with Crippen LogP contribution >= 0.6 is 11.6 Å². The molecule has 0 saturated heterocycles. The molecule has 1 rings (SSSR count). The fourth-order valence-corrected chi connectivity index (χ4v) is 1.77. The molecule has 1 amide bonds. The number of nitro groups is 1. The summed E-state index contributed by atoms with van der Waals surface area (Å²) in [6.07, 6.45) is 0.0183. The third kappa shape index (κ3) is 5.59. The Hall–Kier alpha value is -1.82. The molecule has 21 heavy (non-hydrogen) atoms. The molecule has 116 valence electrons. The van der Waals surface area contributed by atoms with Gasteiger partial charge in [-0.15, -0.1) is 0 Å². The molecule has 0 fully saturated rings. The topological polar surface area (TPSA) is 81.5 Å². The van der Waals surface area contributed by atoms with Gasteiger partial charge in [0.2, 0.25) is 0 Å². The van der Waals surface area contributed by atoms with Crippen molar-refractivity contribution in [3.8, 4) is 5.75 Å². The minimum atomic E-state index is -0.839. The van der Waals surface area contributed by atoms with E-state index in [0.29, 0.717) is 17.5 Å². The lowest BCUT2D eigenvalue weighted by atomic mass is 10.1. The molecule has 0 heterocycles. The van der Waals surface area contributed by atoms with Gasteiger partial charge in [0, 0.05) is 23.7 Å². The fraction of sp³-hybridized carbons (Fsp3) is 0.500. The molecule has 1 aromatic carbocycles. The van der Waals surface area contributed by atoms with Crippen LogP contribution in [0.2, 0.25) is 5.02 Å². The molecular weight excluding hydrogens is 296 g/mol. The number of carbonyl (C=O) groups is 1. The monoisotopic (exact) mass is 314 g/mol. The van der Waals surface area contributed by atoms with Crippen molar-refractivity contribution in [3.63, 3.8) is 0 Å². The average Bonchev–Trinajstić information content (AvgIpc) is 2.37. The zero-order valence-corrected chi connectivity index (χ0v) is 13.0. The molecule has 7 heteroatoms. The van der Waals surface area contributed by atoms with Gasteiger partial charge in [-0.05, 0) is 25.3 Å². The van der Waals surface area contributed by atoms with E-state index in [9.17, 15) is 14.9 Å². The maximum Gasteiger partial charge on any atom is 0.311 e. The van der Waals surface area contributed by atoms with E-state index >= 15 is 0 Å². The molecule has 1 unspecified atom stereocenters. The van der Waals surface area contributed by atoms with Gasteiger partial charge < -0.3 is 10.1 Å². The van der Waals surface area contributed by atoms with Crippen LogP contribution in [0.4, 0.5) is 5.69 Å². The van der Waals surface area contributed by atoms with E-state index < -0.39 is 11.0 Å². The number of amides is 1. The molecular formula is C14H19ClN2O4. The maximum absolute atomic E-state index is 11.9. The third-order valence-corrected chi connectivity index (χ3v) is 3.05. The van der Waals surface area contributed by atoms with E-state index in [1.807, 2.05) is 0 Å². The first-order valence-corrected chi connectivity index (χ1v) is 7.07. The fourth-order valence-electron chi connectivity index (χ4n) is 1.60. The molecule has 0 aliphatic heterocycles. The molecule has 0 bridgehead atoms. The summed E-state index contributed by atoms with van der Waals surface area (Å²) in [7, 11) is 0. The van der Waals surface area contributed by atoms with E-state index in [1.54, 1.807) is 0 Å². The molecule has 0 radical (unpaired) electrons. The smallest absolute Gasteiger partial charge is 0.311 e. The van der Waals surface area contributed by atoms with Crippen molar-refractivity contribution in [2.24, 2.45) is 5.92 Å². The number of rotatable bonds is 7. The first-order valence-electron chi connectivity index (χ1n) is 6.69. The van der Waals surface area contributed by atoms with Crippen molar-refractivity contribution in [1.29, 1.82) is 0 Å². The van der Waals surface area contributed by atoms with E-state index in [0.717, 1.165) is 6.42 Å². The Kier molecular flexibility index (Phi) is 6.42. The van der Waals surface area contributed by atoms with Gasteiger partial charge in [-0.25, -0.2) is 0 Å². The SMILES string of the molecule is CC(C)CCNC(=O)C(C)Oc1cc(Cl)ccc1[N+](=O)[O-]. The second-order valence-electron chi connectivity index (χ2n) is 5.10. The Morgan fingerprint density at radius 3 is 2.67 bits per heavy atom. The van der Waals surface area contributed by atoms with Crippen LogP contribution in [0.25, 0.3) is 0 Å². The number of hydrogen-bond donors (Lipinski definition) is 1. The Balaban J connectivity index is 2.69. The summed E-state index contributed by atoms with van der Waals surface area (Å²) < 4.78 is 5.37. The van der Waals surface area contributed by atoms with E-state index in [2.05, 4.69) is 19.2 Å². The molecule has 0 saturated carbocycles. The third-order valence-electron chi connectivity index (χ3n) is 2.81. The van der Waals surface area contributed by atoms with Crippen molar-refractivity contribution in [2.75, 3.05) is 6.54 Å². The highest BCUT2D eigenvalue weighted by Gasteiger charge is 2.21. The van der Waals surface area contributed by atoms with Crippen LogP contribution in [0.1, 0.15) is 27.2 Å². The zero-order valence-electron chi connectivity index (χ0n) is 12.3. The van der Waals surface area contributed by atoms with Crippen molar-refractivity contribution >= 4 is 23.2 Å². The average molecular weight is 315 g/mol. The van der Waals surface area contributed by atoms with Crippen LogP contribution in [0.15, 0.2) is 18.2 Å². The van der Waals surface area contributed by atoms with Crippen molar-refractivity contribution < 1.29 is 14.5 Å². The summed E-state index contributed by atoms with van der Waals surface area (Å²) in [5.41, 5.74) is -0.221. The predicted octanol–water partition coefficient (Wildman–Crippen LogP) is 3.18. The highest BCUT2D eigenvalue weighted by molar-refractivity contribution is 6.30. The van der Waals surface area contributed by atoms with Gasteiger partial charge in [0.1, 0.15) is 0 Å². The van der Waals surface area contributed by atoms with Crippen LogP contribution in [0, 0.1) is 16.0 Å². The number of halogens is 1. The summed E-state index contributed by atoms with van der Waals surface area (Å²) in [5.74, 6) is 0.152. The Labute approximate surface area is 128 Å².